The second-order valence-electron chi connectivity index (χ2n) is 4.87. The summed E-state index contributed by atoms with van der Waals surface area (Å²) in [7, 11) is 1.75. The number of halogens is 1. The van der Waals surface area contributed by atoms with Crippen LogP contribution in [0, 0.1) is 0 Å². The van der Waals surface area contributed by atoms with Crippen LogP contribution in [0.4, 0.5) is 4.79 Å². The fraction of sp³-hybridized carbons (Fsp3) is 0.235. The molecule has 116 valence electrons. The number of nitrogens with zero attached hydrogens (tertiary/aromatic N) is 1. The molecule has 4 nitrogen and oxygen atoms in total. The van der Waals surface area contributed by atoms with Gasteiger partial charge in [-0.1, -0.05) is 46.3 Å². The number of nitrogens with one attached hydrogen (secondary N) is 1. The molecule has 0 fully saturated rings. The zero-order valence-corrected chi connectivity index (χ0v) is 14.0. The Hall–Kier alpha value is -2.01. The number of hydrogen-bond acceptors (Lipinski definition) is 2. The highest BCUT2D eigenvalue weighted by molar-refractivity contribution is 9.10. The van der Waals surface area contributed by atoms with E-state index in [0.717, 1.165) is 15.8 Å². The number of carbonyl (C=O) groups is 1. The lowest BCUT2D eigenvalue weighted by molar-refractivity contribution is 0.195. The van der Waals surface area contributed by atoms with Crippen LogP contribution in [0.25, 0.3) is 0 Å². The summed E-state index contributed by atoms with van der Waals surface area (Å²) in [5.41, 5.74) is 1.05. The van der Waals surface area contributed by atoms with Crippen LogP contribution in [-0.4, -0.2) is 31.1 Å². The van der Waals surface area contributed by atoms with Gasteiger partial charge in [-0.2, -0.15) is 0 Å². The molecule has 0 radical (unpaired) electrons. The fourth-order valence-electron chi connectivity index (χ4n) is 1.88. The molecule has 0 atom stereocenters. The SMILES string of the molecule is CN(CCOc1ccccc1)C(=O)NCc1cccc(Br)c1. The molecule has 0 bridgehead atoms. The summed E-state index contributed by atoms with van der Waals surface area (Å²) in [6.07, 6.45) is 0. The third-order valence-electron chi connectivity index (χ3n) is 3.12. The highest BCUT2D eigenvalue weighted by atomic mass is 79.9. The second-order valence-corrected chi connectivity index (χ2v) is 5.79. The summed E-state index contributed by atoms with van der Waals surface area (Å²) < 4.78 is 6.58. The van der Waals surface area contributed by atoms with Crippen LogP contribution in [0.3, 0.4) is 0 Å². The van der Waals surface area contributed by atoms with Crippen molar-refractivity contribution in [2.24, 2.45) is 0 Å². The van der Waals surface area contributed by atoms with E-state index in [1.165, 1.54) is 0 Å². The van der Waals surface area contributed by atoms with Crippen molar-refractivity contribution in [3.8, 4) is 5.75 Å². The Morgan fingerprint density at radius 1 is 1.18 bits per heavy atom. The van der Waals surface area contributed by atoms with Crippen molar-refractivity contribution in [2.45, 2.75) is 6.54 Å². The molecule has 2 aromatic rings. The van der Waals surface area contributed by atoms with Gasteiger partial charge < -0.3 is 15.0 Å². The first-order chi connectivity index (χ1) is 10.6. The molecule has 1 N–H and O–H groups in total. The normalized spacial score (nSPS) is 10.1. The molecule has 22 heavy (non-hydrogen) atoms. The Balaban J connectivity index is 1.70. The van der Waals surface area contributed by atoms with Gasteiger partial charge in [-0.25, -0.2) is 4.79 Å². The van der Waals surface area contributed by atoms with E-state index in [1.807, 2.05) is 54.6 Å². The number of ether oxygens (including phenoxy) is 1. The minimum Gasteiger partial charge on any atom is -0.492 e. The van der Waals surface area contributed by atoms with Crippen molar-refractivity contribution in [1.82, 2.24) is 10.2 Å². The molecule has 0 saturated carbocycles. The smallest absolute Gasteiger partial charge is 0.317 e. The number of urea groups is 1. The van der Waals surface area contributed by atoms with Crippen LogP contribution in [-0.2, 0) is 6.54 Å². The molecule has 2 rings (SSSR count). The second kappa shape index (κ2) is 8.44. The van der Waals surface area contributed by atoms with Gasteiger partial charge in [0.1, 0.15) is 12.4 Å². The van der Waals surface area contributed by atoms with E-state index in [0.29, 0.717) is 19.7 Å². The zero-order chi connectivity index (χ0) is 15.8. The van der Waals surface area contributed by atoms with E-state index in [-0.39, 0.29) is 6.03 Å². The molecular weight excluding hydrogens is 344 g/mol. The number of rotatable bonds is 6. The monoisotopic (exact) mass is 362 g/mol. The summed E-state index contributed by atoms with van der Waals surface area (Å²) in [4.78, 5) is 13.6. The van der Waals surface area contributed by atoms with Gasteiger partial charge in [0.25, 0.3) is 0 Å². The van der Waals surface area contributed by atoms with Gasteiger partial charge >= 0.3 is 6.03 Å². The Morgan fingerprint density at radius 2 is 1.95 bits per heavy atom. The third-order valence-corrected chi connectivity index (χ3v) is 3.61. The summed E-state index contributed by atoms with van der Waals surface area (Å²) >= 11 is 3.41. The molecule has 0 heterocycles. The summed E-state index contributed by atoms with van der Waals surface area (Å²) in [6, 6.07) is 17.3. The molecule has 0 aliphatic carbocycles. The highest BCUT2D eigenvalue weighted by Crippen LogP contribution is 2.11. The average Bonchev–Trinajstić information content (AvgIpc) is 2.53. The molecule has 0 aliphatic heterocycles. The minimum atomic E-state index is -0.114. The molecule has 5 heteroatoms. The van der Waals surface area contributed by atoms with Crippen LogP contribution in [0.2, 0.25) is 0 Å². The van der Waals surface area contributed by atoms with Gasteiger partial charge in [0.05, 0.1) is 6.54 Å². The molecule has 2 amide bonds. The van der Waals surface area contributed by atoms with Gasteiger partial charge in [-0.05, 0) is 29.8 Å². The molecule has 0 unspecified atom stereocenters. The molecule has 0 saturated heterocycles. The lowest BCUT2D eigenvalue weighted by Crippen LogP contribution is -2.39. The van der Waals surface area contributed by atoms with E-state index >= 15 is 0 Å². The third kappa shape index (κ3) is 5.41. The average molecular weight is 363 g/mol. The summed E-state index contributed by atoms with van der Waals surface area (Å²) in [6.45, 7) is 1.49. The maximum absolute atomic E-state index is 12.0. The van der Waals surface area contributed by atoms with Crippen LogP contribution in [0.5, 0.6) is 5.75 Å². The summed E-state index contributed by atoms with van der Waals surface area (Å²) in [5, 5.41) is 2.89. The van der Waals surface area contributed by atoms with Gasteiger partial charge in [-0.15, -0.1) is 0 Å². The maximum Gasteiger partial charge on any atom is 0.317 e. The molecular formula is C17H19BrN2O2. The van der Waals surface area contributed by atoms with E-state index < -0.39 is 0 Å². The first kappa shape index (κ1) is 16.4. The van der Waals surface area contributed by atoms with Crippen molar-refractivity contribution in [3.63, 3.8) is 0 Å². The number of para-hydroxylation sites is 1. The van der Waals surface area contributed by atoms with Gasteiger partial charge in [0, 0.05) is 18.1 Å². The van der Waals surface area contributed by atoms with Crippen LogP contribution >= 0.6 is 15.9 Å². The van der Waals surface area contributed by atoms with Crippen LogP contribution in [0.1, 0.15) is 5.56 Å². The lowest BCUT2D eigenvalue weighted by atomic mass is 10.2. The van der Waals surface area contributed by atoms with Gasteiger partial charge in [0.15, 0.2) is 0 Å². The molecule has 2 aromatic carbocycles. The zero-order valence-electron chi connectivity index (χ0n) is 12.5. The minimum absolute atomic E-state index is 0.114. The van der Waals surface area contributed by atoms with Crippen LogP contribution in [0.15, 0.2) is 59.1 Å². The predicted molar refractivity (Wildman–Crippen MR) is 90.9 cm³/mol. The number of benzene rings is 2. The lowest BCUT2D eigenvalue weighted by Gasteiger charge is -2.18. The van der Waals surface area contributed by atoms with E-state index in [4.69, 9.17) is 4.74 Å². The topological polar surface area (TPSA) is 41.6 Å². The molecule has 0 aromatic heterocycles. The van der Waals surface area contributed by atoms with Crippen molar-refractivity contribution in [2.75, 3.05) is 20.2 Å². The maximum atomic E-state index is 12.0. The number of amides is 2. The largest absolute Gasteiger partial charge is 0.492 e. The Kier molecular flexibility index (Phi) is 6.27. The fourth-order valence-corrected chi connectivity index (χ4v) is 2.32. The van der Waals surface area contributed by atoms with Crippen molar-refractivity contribution < 1.29 is 9.53 Å². The van der Waals surface area contributed by atoms with E-state index in [2.05, 4.69) is 21.2 Å². The molecule has 0 spiro atoms. The number of carbonyl (C=O) groups excluding carboxylic acids is 1. The van der Waals surface area contributed by atoms with Crippen molar-refractivity contribution in [3.05, 3.63) is 64.6 Å². The highest BCUT2D eigenvalue weighted by Gasteiger charge is 2.08. The number of likely N-dealkylation sites (N-methyl/N-ethyl adjacent to an activating group) is 1. The first-order valence-corrected chi connectivity index (χ1v) is 7.86. The predicted octanol–water partition coefficient (Wildman–Crippen LogP) is 3.67. The quantitative estimate of drug-likeness (QED) is 0.851. The van der Waals surface area contributed by atoms with E-state index in [1.54, 1.807) is 11.9 Å². The Morgan fingerprint density at radius 3 is 2.68 bits per heavy atom. The molecule has 0 aliphatic rings. The van der Waals surface area contributed by atoms with Crippen LogP contribution < -0.4 is 10.1 Å². The first-order valence-electron chi connectivity index (χ1n) is 7.06. The number of hydrogen-bond donors (Lipinski definition) is 1. The van der Waals surface area contributed by atoms with Gasteiger partial charge in [0.2, 0.25) is 0 Å². The van der Waals surface area contributed by atoms with Gasteiger partial charge in [-0.3, -0.25) is 0 Å². The van der Waals surface area contributed by atoms with Crippen molar-refractivity contribution >= 4 is 22.0 Å². The standard InChI is InChI=1S/C17H19BrN2O2/c1-20(10-11-22-16-8-3-2-4-9-16)17(21)19-13-14-6-5-7-15(18)12-14/h2-9,12H,10-11,13H2,1H3,(H,19,21). The van der Waals surface area contributed by atoms with E-state index in [9.17, 15) is 4.79 Å². The Bertz CT molecular complexity index is 605. The summed E-state index contributed by atoms with van der Waals surface area (Å²) in [5.74, 6) is 0.811. The Labute approximate surface area is 139 Å². The van der Waals surface area contributed by atoms with Crippen molar-refractivity contribution in [1.29, 1.82) is 0 Å².